The van der Waals surface area contributed by atoms with Crippen molar-refractivity contribution in [2.45, 2.75) is 109 Å². The van der Waals surface area contributed by atoms with E-state index in [2.05, 4.69) is 67.7 Å². The molecule has 0 amide bonds. The SMILES string of the molecule is Cc1cn([C@@H]2O[C@H](CO[Si](C)(C)C(C)(C)C)[C@]3(C(N)=C(c4ccccc4)S(=O)(=O)N3C)[C@H]2O[Si](C)(C)C(C)(C)C)c(=O)n(C)c1=O. The second-order valence-corrected chi connectivity index (χ2v) is 27.1. The van der Waals surface area contributed by atoms with E-state index in [1.807, 2.05) is 6.07 Å². The number of nitrogens with zero attached hydrogens (tertiary/aromatic N) is 3. The van der Waals surface area contributed by atoms with E-state index in [0.29, 0.717) is 11.1 Å². The Kier molecular flexibility index (Phi) is 9.26. The maximum Gasteiger partial charge on any atom is 0.332 e. The zero-order valence-electron chi connectivity index (χ0n) is 29.6. The van der Waals surface area contributed by atoms with Gasteiger partial charge in [0, 0.05) is 25.9 Å². The smallest absolute Gasteiger partial charge is 0.332 e. The largest absolute Gasteiger partial charge is 0.414 e. The van der Waals surface area contributed by atoms with Crippen LogP contribution < -0.4 is 17.0 Å². The van der Waals surface area contributed by atoms with Crippen molar-refractivity contribution < 1.29 is 22.0 Å². The average Bonchev–Trinajstić information content (AvgIpc) is 3.32. The molecule has 2 aliphatic heterocycles. The molecule has 14 heteroatoms. The third-order valence-electron chi connectivity index (χ3n) is 10.7. The van der Waals surface area contributed by atoms with E-state index in [-0.39, 0.29) is 27.3 Å². The second kappa shape index (κ2) is 11.7. The minimum atomic E-state index is -4.18. The van der Waals surface area contributed by atoms with Crippen LogP contribution in [0.2, 0.25) is 36.3 Å². The molecule has 1 aromatic heterocycles. The number of hydrogen-bond acceptors (Lipinski definition) is 8. The summed E-state index contributed by atoms with van der Waals surface area (Å²) < 4.78 is 53.4. The Hall–Kier alpha value is -2.34. The minimum absolute atomic E-state index is 0.00643. The molecular formula is C32H52N4O7SSi2. The zero-order valence-corrected chi connectivity index (χ0v) is 32.4. The summed E-state index contributed by atoms with van der Waals surface area (Å²) in [7, 11) is -6.37. The van der Waals surface area contributed by atoms with Gasteiger partial charge in [0.1, 0.15) is 22.7 Å². The van der Waals surface area contributed by atoms with Crippen molar-refractivity contribution in [2.24, 2.45) is 12.8 Å². The summed E-state index contributed by atoms with van der Waals surface area (Å²) >= 11 is 0. The number of ether oxygens (including phenoxy) is 1. The van der Waals surface area contributed by atoms with Crippen LogP contribution in [0.5, 0.6) is 0 Å². The quantitative estimate of drug-likeness (QED) is 0.419. The molecule has 256 valence electrons. The fraction of sp³-hybridized carbons (Fsp3) is 0.625. The van der Waals surface area contributed by atoms with Crippen LogP contribution in [0.15, 0.2) is 51.8 Å². The van der Waals surface area contributed by atoms with Gasteiger partial charge in [-0.2, -0.15) is 4.31 Å². The van der Waals surface area contributed by atoms with Crippen molar-refractivity contribution >= 4 is 31.6 Å². The molecule has 1 spiro atoms. The van der Waals surface area contributed by atoms with Gasteiger partial charge in [-0.3, -0.25) is 13.9 Å². The van der Waals surface area contributed by atoms with Gasteiger partial charge in [-0.05, 0) is 48.8 Å². The van der Waals surface area contributed by atoms with Crippen LogP contribution in [0.3, 0.4) is 0 Å². The molecule has 11 nitrogen and oxygen atoms in total. The van der Waals surface area contributed by atoms with Gasteiger partial charge in [0.25, 0.3) is 5.56 Å². The summed E-state index contributed by atoms with van der Waals surface area (Å²) in [4.78, 5) is 26.5. The Morgan fingerprint density at radius 1 is 0.957 bits per heavy atom. The van der Waals surface area contributed by atoms with Crippen molar-refractivity contribution in [1.29, 1.82) is 0 Å². The van der Waals surface area contributed by atoms with Crippen LogP contribution in [0.1, 0.15) is 58.9 Å². The standard InChI is InChI=1S/C32H52N4O7SSi2/c1-21-19-36(29(38)34(8)27(21)37)28-26(43-46(12,13)31(5,6)7)32(23(42-28)20-41-45(10,11)30(2,3)4)25(33)24(44(39,40)35(32)9)22-17-15-14-16-18-22/h14-19,23,26,28H,20,33H2,1-13H3/t23-,26+,28-,32+/m1/s1. The lowest BCUT2D eigenvalue weighted by molar-refractivity contribution is -0.0512. The van der Waals surface area contributed by atoms with Gasteiger partial charge in [0.15, 0.2) is 22.9 Å². The van der Waals surface area contributed by atoms with E-state index in [9.17, 15) is 18.0 Å². The molecule has 2 aromatic rings. The highest BCUT2D eigenvalue weighted by molar-refractivity contribution is 7.98. The van der Waals surface area contributed by atoms with E-state index >= 15 is 0 Å². The molecule has 2 N–H and O–H groups in total. The zero-order chi connectivity index (χ0) is 35.0. The summed E-state index contributed by atoms with van der Waals surface area (Å²) in [5, 5.41) is -0.444. The number of aromatic nitrogens is 2. The summed E-state index contributed by atoms with van der Waals surface area (Å²) in [6.45, 7) is 22.6. The van der Waals surface area contributed by atoms with Crippen LogP contribution in [0.4, 0.5) is 0 Å². The molecule has 46 heavy (non-hydrogen) atoms. The van der Waals surface area contributed by atoms with Crippen molar-refractivity contribution in [2.75, 3.05) is 13.7 Å². The van der Waals surface area contributed by atoms with E-state index in [0.717, 1.165) is 4.57 Å². The third kappa shape index (κ3) is 5.63. The molecule has 2 aliphatic rings. The third-order valence-corrected chi connectivity index (χ3v) is 21.7. The first-order valence-electron chi connectivity index (χ1n) is 15.6. The topological polar surface area (TPSA) is 135 Å². The van der Waals surface area contributed by atoms with Crippen LogP contribution in [-0.4, -0.2) is 69.9 Å². The van der Waals surface area contributed by atoms with Crippen molar-refractivity contribution in [3.05, 3.63) is 74.2 Å². The highest BCUT2D eigenvalue weighted by atomic mass is 32.2. The molecule has 0 bridgehead atoms. The van der Waals surface area contributed by atoms with E-state index in [1.165, 1.54) is 29.2 Å². The summed E-state index contributed by atoms with van der Waals surface area (Å²) in [5.41, 5.74) is 5.35. The maximum absolute atomic E-state index is 14.5. The Labute approximate surface area is 275 Å². The minimum Gasteiger partial charge on any atom is -0.414 e. The Morgan fingerprint density at radius 2 is 1.50 bits per heavy atom. The highest BCUT2D eigenvalue weighted by Gasteiger charge is 2.70. The molecule has 1 aromatic carbocycles. The molecule has 0 aliphatic carbocycles. The molecule has 1 saturated heterocycles. The number of hydrogen-bond donors (Lipinski definition) is 1. The fourth-order valence-corrected chi connectivity index (χ4v) is 9.87. The van der Waals surface area contributed by atoms with Gasteiger partial charge >= 0.3 is 5.69 Å². The van der Waals surface area contributed by atoms with Crippen molar-refractivity contribution in [1.82, 2.24) is 13.4 Å². The van der Waals surface area contributed by atoms with Crippen LogP contribution in [0, 0.1) is 6.92 Å². The predicted octanol–water partition coefficient (Wildman–Crippen LogP) is 4.51. The normalized spacial score (nSPS) is 26.0. The predicted molar refractivity (Wildman–Crippen MR) is 187 cm³/mol. The summed E-state index contributed by atoms with van der Waals surface area (Å²) in [6, 6.07) is 8.76. The molecule has 1 fully saturated rings. The van der Waals surface area contributed by atoms with Crippen LogP contribution in [-0.2, 0) is 30.7 Å². The van der Waals surface area contributed by atoms with E-state index < -0.39 is 61.9 Å². The number of sulfonamides is 1. The average molecular weight is 693 g/mol. The molecule has 3 heterocycles. The Balaban J connectivity index is 2.10. The van der Waals surface area contributed by atoms with Crippen molar-refractivity contribution in [3.63, 3.8) is 0 Å². The number of nitrogens with two attached hydrogens (primary N) is 1. The Morgan fingerprint density at radius 3 is 2.02 bits per heavy atom. The number of rotatable bonds is 7. The first-order chi connectivity index (χ1) is 20.8. The van der Waals surface area contributed by atoms with Crippen molar-refractivity contribution in [3.8, 4) is 0 Å². The van der Waals surface area contributed by atoms with Gasteiger partial charge in [0.05, 0.1) is 12.3 Å². The van der Waals surface area contributed by atoms with E-state index in [4.69, 9.17) is 19.3 Å². The number of benzene rings is 1. The fourth-order valence-electron chi connectivity index (χ4n) is 5.72. The molecular weight excluding hydrogens is 641 g/mol. The van der Waals surface area contributed by atoms with Gasteiger partial charge in [0.2, 0.25) is 10.0 Å². The van der Waals surface area contributed by atoms with Crippen LogP contribution >= 0.6 is 0 Å². The van der Waals surface area contributed by atoms with Gasteiger partial charge in [-0.15, -0.1) is 0 Å². The second-order valence-electron chi connectivity index (χ2n) is 15.7. The highest BCUT2D eigenvalue weighted by Crippen LogP contribution is 2.56. The first kappa shape index (κ1) is 36.5. The Bertz CT molecular complexity index is 1760. The molecule has 4 atom stereocenters. The van der Waals surface area contributed by atoms with Gasteiger partial charge in [-0.1, -0.05) is 71.9 Å². The molecule has 0 saturated carbocycles. The monoisotopic (exact) mass is 692 g/mol. The molecule has 0 unspecified atom stereocenters. The van der Waals surface area contributed by atoms with E-state index in [1.54, 1.807) is 31.2 Å². The van der Waals surface area contributed by atoms with Crippen LogP contribution in [0.25, 0.3) is 4.91 Å². The van der Waals surface area contributed by atoms with Gasteiger partial charge in [-0.25, -0.2) is 13.2 Å². The lowest BCUT2D eigenvalue weighted by Crippen LogP contribution is -2.65. The number of aryl methyl sites for hydroxylation is 1. The summed E-state index contributed by atoms with van der Waals surface area (Å²) in [6.07, 6.45) is -1.71. The molecule has 4 rings (SSSR count). The summed E-state index contributed by atoms with van der Waals surface area (Å²) in [5.74, 6) is 0. The molecule has 0 radical (unpaired) electrons. The first-order valence-corrected chi connectivity index (χ1v) is 22.9. The maximum atomic E-state index is 14.5. The van der Waals surface area contributed by atoms with Gasteiger partial charge < -0.3 is 19.3 Å². The lowest BCUT2D eigenvalue weighted by atomic mass is 9.84. The lowest BCUT2D eigenvalue weighted by Gasteiger charge is -2.46. The number of likely N-dealkylation sites (N-methyl/N-ethyl adjacent to an activating group) is 1.